The van der Waals surface area contributed by atoms with Crippen molar-refractivity contribution in [3.8, 4) is 11.8 Å². The molecule has 1 amide bonds. The summed E-state index contributed by atoms with van der Waals surface area (Å²) in [6.45, 7) is 2.53. The van der Waals surface area contributed by atoms with E-state index in [-0.39, 0.29) is 30.5 Å². The van der Waals surface area contributed by atoms with Crippen LogP contribution in [0.15, 0.2) is 48.8 Å². The molecule has 184 valence electrons. The Morgan fingerprint density at radius 2 is 1.74 bits per heavy atom. The molecule has 0 bridgehead atoms. The number of nitrogens with zero attached hydrogens (tertiary/aromatic N) is 3. The first-order valence-corrected chi connectivity index (χ1v) is 13.0. The summed E-state index contributed by atoms with van der Waals surface area (Å²) in [5.74, 6) is 6.56. The van der Waals surface area contributed by atoms with E-state index >= 15 is 0 Å². The summed E-state index contributed by atoms with van der Waals surface area (Å²) < 4.78 is 0. The number of amides is 1. The van der Waals surface area contributed by atoms with E-state index in [2.05, 4.69) is 33.9 Å². The zero-order valence-corrected chi connectivity index (χ0v) is 20.3. The SMILES string of the molecule is O=C(Cc1ccncc1)N1CCCCN2[C@@H](CO)[C@@H](c3ccc(C#CC4(O)CCCC4)cc3)[C@@H]2C1. The normalized spacial score (nSPS) is 26.0. The van der Waals surface area contributed by atoms with Gasteiger partial charge in [-0.15, -0.1) is 0 Å². The minimum absolute atomic E-state index is 0.0754. The number of aliphatic hydroxyl groups excluding tert-OH is 1. The topological polar surface area (TPSA) is 76.9 Å². The number of aromatic nitrogens is 1. The summed E-state index contributed by atoms with van der Waals surface area (Å²) in [4.78, 5) is 21.6. The lowest BCUT2D eigenvalue weighted by Gasteiger charge is -2.57. The summed E-state index contributed by atoms with van der Waals surface area (Å²) in [6.07, 6.45) is 9.44. The largest absolute Gasteiger partial charge is 0.395 e. The van der Waals surface area contributed by atoms with Gasteiger partial charge in [-0.3, -0.25) is 14.7 Å². The number of benzene rings is 1. The second kappa shape index (κ2) is 10.5. The molecule has 0 spiro atoms. The highest BCUT2D eigenvalue weighted by Gasteiger charge is 2.49. The summed E-state index contributed by atoms with van der Waals surface area (Å²) in [5, 5.41) is 20.7. The lowest BCUT2D eigenvalue weighted by molar-refractivity contribution is -0.135. The number of pyridine rings is 1. The third kappa shape index (κ3) is 5.28. The predicted molar refractivity (Wildman–Crippen MR) is 135 cm³/mol. The van der Waals surface area contributed by atoms with Gasteiger partial charge in [-0.1, -0.05) is 24.0 Å². The van der Waals surface area contributed by atoms with Gasteiger partial charge < -0.3 is 15.1 Å². The second-order valence-corrected chi connectivity index (χ2v) is 10.3. The van der Waals surface area contributed by atoms with Gasteiger partial charge in [0.2, 0.25) is 5.91 Å². The van der Waals surface area contributed by atoms with Crippen LogP contribution < -0.4 is 0 Å². The second-order valence-electron chi connectivity index (χ2n) is 10.3. The first-order chi connectivity index (χ1) is 17.1. The Morgan fingerprint density at radius 1 is 1.03 bits per heavy atom. The Labute approximate surface area is 208 Å². The predicted octanol–water partition coefficient (Wildman–Crippen LogP) is 2.73. The molecular formula is C29H35N3O3. The van der Waals surface area contributed by atoms with Crippen molar-refractivity contribution < 1.29 is 15.0 Å². The zero-order valence-electron chi connectivity index (χ0n) is 20.3. The number of carbonyl (C=O) groups excluding carboxylic acids is 1. The fraction of sp³-hybridized carbons (Fsp3) is 0.517. The Balaban J connectivity index is 1.31. The van der Waals surface area contributed by atoms with Gasteiger partial charge in [-0.05, 0) is 80.5 Å². The van der Waals surface area contributed by atoms with Gasteiger partial charge >= 0.3 is 0 Å². The van der Waals surface area contributed by atoms with Gasteiger partial charge in [-0.2, -0.15) is 0 Å². The minimum Gasteiger partial charge on any atom is -0.395 e. The highest BCUT2D eigenvalue weighted by Crippen LogP contribution is 2.42. The van der Waals surface area contributed by atoms with Gasteiger partial charge in [0, 0.05) is 49.0 Å². The van der Waals surface area contributed by atoms with E-state index in [9.17, 15) is 15.0 Å². The molecule has 6 nitrogen and oxygen atoms in total. The van der Waals surface area contributed by atoms with Crippen molar-refractivity contribution in [2.45, 2.75) is 68.5 Å². The van der Waals surface area contributed by atoms with Crippen LogP contribution in [0.25, 0.3) is 0 Å². The number of aliphatic hydroxyl groups is 2. The van der Waals surface area contributed by atoms with E-state index in [0.717, 1.165) is 62.7 Å². The molecule has 6 heteroatoms. The van der Waals surface area contributed by atoms with Crippen molar-refractivity contribution in [3.63, 3.8) is 0 Å². The quantitative estimate of drug-likeness (QED) is 0.668. The van der Waals surface area contributed by atoms with E-state index in [4.69, 9.17) is 0 Å². The number of carbonyl (C=O) groups is 1. The lowest BCUT2D eigenvalue weighted by atomic mass is 9.74. The van der Waals surface area contributed by atoms with Crippen LogP contribution in [0.5, 0.6) is 0 Å². The summed E-state index contributed by atoms with van der Waals surface area (Å²) >= 11 is 0. The highest BCUT2D eigenvalue weighted by atomic mass is 16.3. The summed E-state index contributed by atoms with van der Waals surface area (Å²) in [5.41, 5.74) is 2.23. The molecule has 1 saturated carbocycles. The van der Waals surface area contributed by atoms with Gasteiger partial charge in [-0.25, -0.2) is 0 Å². The Kier molecular flexibility index (Phi) is 7.19. The molecule has 2 N–H and O–H groups in total. The molecule has 3 fully saturated rings. The first kappa shape index (κ1) is 24.0. The van der Waals surface area contributed by atoms with E-state index < -0.39 is 5.60 Å². The fourth-order valence-corrected chi connectivity index (χ4v) is 6.02. The number of hydrogen-bond donors (Lipinski definition) is 2. The van der Waals surface area contributed by atoms with Gasteiger partial charge in [0.05, 0.1) is 13.0 Å². The third-order valence-electron chi connectivity index (χ3n) is 7.99. The third-order valence-corrected chi connectivity index (χ3v) is 7.99. The van der Waals surface area contributed by atoms with Crippen LogP contribution >= 0.6 is 0 Å². The Hall–Kier alpha value is -2.72. The van der Waals surface area contributed by atoms with Crippen molar-refractivity contribution in [2.75, 3.05) is 26.2 Å². The van der Waals surface area contributed by atoms with Crippen LogP contribution in [-0.4, -0.2) is 74.8 Å². The number of rotatable bonds is 4. The Bertz CT molecular complexity index is 1070. The first-order valence-electron chi connectivity index (χ1n) is 13.0. The van der Waals surface area contributed by atoms with Crippen LogP contribution in [0.4, 0.5) is 0 Å². The maximum Gasteiger partial charge on any atom is 0.227 e. The molecule has 2 aliphatic heterocycles. The van der Waals surface area contributed by atoms with Gasteiger partial charge in [0.15, 0.2) is 0 Å². The Morgan fingerprint density at radius 3 is 2.46 bits per heavy atom. The van der Waals surface area contributed by atoms with Crippen molar-refractivity contribution >= 4 is 5.91 Å². The molecule has 3 heterocycles. The van der Waals surface area contributed by atoms with Crippen LogP contribution in [0.2, 0.25) is 0 Å². The van der Waals surface area contributed by atoms with E-state index in [1.807, 2.05) is 29.2 Å². The van der Waals surface area contributed by atoms with Gasteiger partial charge in [0.25, 0.3) is 0 Å². The number of hydrogen-bond acceptors (Lipinski definition) is 5. The van der Waals surface area contributed by atoms with E-state index in [0.29, 0.717) is 13.0 Å². The molecule has 3 atom stereocenters. The average molecular weight is 474 g/mol. The number of fused-ring (bicyclic) bond motifs is 1. The fourth-order valence-electron chi connectivity index (χ4n) is 6.02. The van der Waals surface area contributed by atoms with E-state index in [1.165, 1.54) is 5.56 Å². The zero-order chi connectivity index (χ0) is 24.3. The van der Waals surface area contributed by atoms with Crippen LogP contribution in [0, 0.1) is 11.8 Å². The molecular weight excluding hydrogens is 438 g/mol. The van der Waals surface area contributed by atoms with Crippen molar-refractivity contribution in [3.05, 3.63) is 65.5 Å². The molecule has 1 aromatic carbocycles. The molecule has 35 heavy (non-hydrogen) atoms. The lowest BCUT2D eigenvalue weighted by Crippen LogP contribution is -2.68. The van der Waals surface area contributed by atoms with Crippen molar-refractivity contribution in [2.24, 2.45) is 0 Å². The molecule has 0 radical (unpaired) electrons. The molecule has 1 aliphatic carbocycles. The molecule has 3 aliphatic rings. The summed E-state index contributed by atoms with van der Waals surface area (Å²) in [7, 11) is 0. The molecule has 5 rings (SSSR count). The van der Waals surface area contributed by atoms with Crippen LogP contribution in [-0.2, 0) is 11.2 Å². The standard InChI is InChI=1S/C29H35N3O3/c33-21-26-28(24-7-5-22(6-8-24)9-14-29(35)12-1-2-13-29)25-20-31(17-3-4-18-32(25)26)27(34)19-23-10-15-30-16-11-23/h5-8,10-11,15-16,25-26,28,33,35H,1-4,12-13,17-21H2/t25-,26-,28-/m0/s1. The maximum absolute atomic E-state index is 13.2. The van der Waals surface area contributed by atoms with Crippen LogP contribution in [0.1, 0.15) is 61.1 Å². The molecule has 2 aromatic rings. The van der Waals surface area contributed by atoms with Crippen LogP contribution in [0.3, 0.4) is 0 Å². The van der Waals surface area contributed by atoms with Crippen molar-refractivity contribution in [1.82, 2.24) is 14.8 Å². The van der Waals surface area contributed by atoms with E-state index in [1.54, 1.807) is 12.4 Å². The smallest absolute Gasteiger partial charge is 0.227 e. The highest BCUT2D eigenvalue weighted by molar-refractivity contribution is 5.78. The maximum atomic E-state index is 13.2. The van der Waals surface area contributed by atoms with Crippen molar-refractivity contribution in [1.29, 1.82) is 0 Å². The average Bonchev–Trinajstić information content (AvgIpc) is 3.30. The summed E-state index contributed by atoms with van der Waals surface area (Å²) in [6, 6.07) is 12.3. The molecule has 2 saturated heterocycles. The molecule has 1 aromatic heterocycles. The van der Waals surface area contributed by atoms with Gasteiger partial charge in [0.1, 0.15) is 5.60 Å². The molecule has 0 unspecified atom stereocenters. The monoisotopic (exact) mass is 473 g/mol. The minimum atomic E-state index is -0.833.